The van der Waals surface area contributed by atoms with Crippen molar-refractivity contribution < 1.29 is 9.53 Å². The highest BCUT2D eigenvalue weighted by Crippen LogP contribution is 2.28. The van der Waals surface area contributed by atoms with E-state index in [2.05, 4.69) is 26.2 Å². The molecule has 1 N–H and O–H groups in total. The predicted octanol–water partition coefficient (Wildman–Crippen LogP) is 3.97. The molecule has 0 fully saturated rings. The highest BCUT2D eigenvalue weighted by Gasteiger charge is 2.16. The molecule has 7 heteroatoms. The third kappa shape index (κ3) is 4.84. The fraction of sp³-hybridized carbons (Fsp3) is 0.250. The Kier molecular flexibility index (Phi) is 5.85. The first-order valence-electron chi connectivity index (χ1n) is 6.93. The third-order valence-corrected chi connectivity index (χ3v) is 3.90. The van der Waals surface area contributed by atoms with E-state index >= 15 is 0 Å². The zero-order chi connectivity index (χ0) is 17.0. The number of aromatic nitrogens is 1. The van der Waals surface area contributed by atoms with Gasteiger partial charge in [0.05, 0.1) is 16.4 Å². The van der Waals surface area contributed by atoms with Gasteiger partial charge in [0.1, 0.15) is 11.6 Å². The minimum atomic E-state index is -0.666. The van der Waals surface area contributed by atoms with Crippen molar-refractivity contribution in [2.24, 2.45) is 0 Å². The van der Waals surface area contributed by atoms with Crippen LogP contribution in [0, 0.1) is 0 Å². The Morgan fingerprint density at radius 2 is 2.09 bits per heavy atom. The van der Waals surface area contributed by atoms with Crippen molar-refractivity contribution in [2.75, 3.05) is 24.3 Å². The van der Waals surface area contributed by atoms with Crippen molar-refractivity contribution in [3.8, 4) is 5.75 Å². The topological polar surface area (TPSA) is 54.5 Å². The van der Waals surface area contributed by atoms with Crippen LogP contribution in [0.15, 0.2) is 41.0 Å². The molecule has 0 aliphatic rings. The summed E-state index contributed by atoms with van der Waals surface area (Å²) in [6, 6.07) is 8.76. The molecule has 2 aromatic rings. The van der Waals surface area contributed by atoms with Crippen molar-refractivity contribution in [3.05, 3.63) is 46.0 Å². The van der Waals surface area contributed by atoms with Gasteiger partial charge in [-0.2, -0.15) is 0 Å². The smallest absolute Gasteiger partial charge is 0.265 e. The lowest BCUT2D eigenvalue weighted by atomic mass is 10.3. The molecule has 0 aliphatic heterocycles. The first-order valence-corrected chi connectivity index (χ1v) is 8.10. The normalized spacial score (nSPS) is 11.7. The van der Waals surface area contributed by atoms with Crippen molar-refractivity contribution in [2.45, 2.75) is 13.0 Å². The summed E-state index contributed by atoms with van der Waals surface area (Å²) in [7, 11) is 3.81. The van der Waals surface area contributed by atoms with E-state index in [9.17, 15) is 4.79 Å². The highest BCUT2D eigenvalue weighted by atomic mass is 79.9. The molecule has 2 rings (SSSR count). The Morgan fingerprint density at radius 1 is 1.35 bits per heavy atom. The number of ether oxygens (including phenoxy) is 1. The van der Waals surface area contributed by atoms with Gasteiger partial charge < -0.3 is 15.0 Å². The second kappa shape index (κ2) is 7.66. The number of anilines is 2. The molecule has 1 heterocycles. The van der Waals surface area contributed by atoms with Gasteiger partial charge in [0.25, 0.3) is 5.91 Å². The summed E-state index contributed by atoms with van der Waals surface area (Å²) in [5.41, 5.74) is 0.617. The van der Waals surface area contributed by atoms with Gasteiger partial charge in [-0.3, -0.25) is 4.79 Å². The van der Waals surface area contributed by atoms with Gasteiger partial charge in [0.2, 0.25) is 0 Å². The Labute approximate surface area is 148 Å². The number of rotatable bonds is 5. The van der Waals surface area contributed by atoms with Crippen LogP contribution in [0.25, 0.3) is 0 Å². The van der Waals surface area contributed by atoms with Crippen LogP contribution in [0.1, 0.15) is 6.92 Å². The van der Waals surface area contributed by atoms with E-state index < -0.39 is 6.10 Å². The van der Waals surface area contributed by atoms with E-state index in [1.165, 1.54) is 0 Å². The van der Waals surface area contributed by atoms with Gasteiger partial charge in [-0.1, -0.05) is 11.6 Å². The van der Waals surface area contributed by atoms with Crippen molar-refractivity contribution in [1.29, 1.82) is 0 Å². The van der Waals surface area contributed by atoms with Crippen LogP contribution in [-0.2, 0) is 4.79 Å². The van der Waals surface area contributed by atoms with Gasteiger partial charge in [0.15, 0.2) is 6.10 Å². The van der Waals surface area contributed by atoms with Gasteiger partial charge in [-0.15, -0.1) is 0 Å². The number of carbonyl (C=O) groups excluding carboxylic acids is 1. The van der Waals surface area contributed by atoms with Crippen molar-refractivity contribution in [3.63, 3.8) is 0 Å². The van der Waals surface area contributed by atoms with Crippen LogP contribution < -0.4 is 15.0 Å². The fourth-order valence-electron chi connectivity index (χ4n) is 1.78. The van der Waals surface area contributed by atoms with Crippen LogP contribution >= 0.6 is 27.5 Å². The Morgan fingerprint density at radius 3 is 2.65 bits per heavy atom. The zero-order valence-electron chi connectivity index (χ0n) is 13.0. The Balaban J connectivity index is 1.99. The number of halogens is 2. The molecule has 0 spiro atoms. The molecule has 0 bridgehead atoms. The predicted molar refractivity (Wildman–Crippen MR) is 96.4 cm³/mol. The van der Waals surface area contributed by atoms with Crippen molar-refractivity contribution >= 4 is 44.9 Å². The van der Waals surface area contributed by atoms with E-state index in [1.54, 1.807) is 37.4 Å². The summed E-state index contributed by atoms with van der Waals surface area (Å²) in [6.07, 6.45) is 0.944. The van der Waals surface area contributed by atoms with Crippen LogP contribution in [0.4, 0.5) is 11.5 Å². The Hall–Kier alpha value is -1.79. The molecule has 1 aromatic carbocycles. The van der Waals surface area contributed by atoms with E-state index in [1.807, 2.05) is 25.1 Å². The maximum Gasteiger partial charge on any atom is 0.265 e. The molecule has 5 nitrogen and oxygen atoms in total. The fourth-order valence-corrected chi connectivity index (χ4v) is 2.56. The maximum atomic E-state index is 12.2. The monoisotopic (exact) mass is 397 g/mol. The number of pyridine rings is 1. The van der Waals surface area contributed by atoms with Gasteiger partial charge in [0, 0.05) is 19.1 Å². The first-order chi connectivity index (χ1) is 10.9. The summed E-state index contributed by atoms with van der Waals surface area (Å²) in [6.45, 7) is 1.68. The molecule has 0 saturated carbocycles. The quantitative estimate of drug-likeness (QED) is 0.828. The molecule has 1 atom stereocenters. The highest BCUT2D eigenvalue weighted by molar-refractivity contribution is 9.10. The van der Waals surface area contributed by atoms with Gasteiger partial charge in [-0.25, -0.2) is 4.98 Å². The lowest BCUT2D eigenvalue weighted by Crippen LogP contribution is -2.30. The number of carbonyl (C=O) groups is 1. The molecule has 23 heavy (non-hydrogen) atoms. The molecular formula is C16H17BrClN3O2. The molecular weight excluding hydrogens is 382 g/mol. The van der Waals surface area contributed by atoms with E-state index in [0.29, 0.717) is 20.9 Å². The molecule has 0 radical (unpaired) electrons. The number of nitrogens with one attached hydrogen (secondary N) is 1. The maximum absolute atomic E-state index is 12.2. The molecule has 0 aliphatic carbocycles. The zero-order valence-corrected chi connectivity index (χ0v) is 15.4. The lowest BCUT2D eigenvalue weighted by molar-refractivity contribution is -0.122. The summed E-state index contributed by atoms with van der Waals surface area (Å²) in [5, 5.41) is 3.36. The number of amides is 1. The van der Waals surface area contributed by atoms with Crippen LogP contribution in [0.5, 0.6) is 5.75 Å². The van der Waals surface area contributed by atoms with Crippen LogP contribution in [0.3, 0.4) is 0 Å². The lowest BCUT2D eigenvalue weighted by Gasteiger charge is -2.16. The second-order valence-corrected chi connectivity index (χ2v) is 6.41. The molecule has 1 unspecified atom stereocenters. The average molecular weight is 399 g/mol. The minimum Gasteiger partial charge on any atom is -0.480 e. The van der Waals surface area contributed by atoms with E-state index in [-0.39, 0.29) is 5.91 Å². The summed E-state index contributed by atoms with van der Waals surface area (Å²) >= 11 is 9.24. The van der Waals surface area contributed by atoms with Crippen LogP contribution in [-0.4, -0.2) is 31.1 Å². The second-order valence-electron chi connectivity index (χ2n) is 5.12. The summed E-state index contributed by atoms with van der Waals surface area (Å²) in [5.74, 6) is 1.11. The van der Waals surface area contributed by atoms with Crippen LogP contribution in [0.2, 0.25) is 5.02 Å². The standard InChI is InChI=1S/C16H17BrClN3O2/c1-10(23-14-6-4-11(18)8-13(14)17)16(22)20-12-5-7-15(19-9-12)21(2)3/h4-10H,1-3H3,(H,20,22). The number of hydrogen-bond donors (Lipinski definition) is 1. The SMILES string of the molecule is CC(Oc1ccc(Cl)cc1Br)C(=O)Nc1ccc(N(C)C)nc1. The third-order valence-electron chi connectivity index (χ3n) is 3.04. The molecule has 122 valence electrons. The first kappa shape index (κ1) is 17.6. The number of nitrogens with zero attached hydrogens (tertiary/aromatic N) is 2. The number of benzene rings is 1. The van der Waals surface area contributed by atoms with Gasteiger partial charge >= 0.3 is 0 Å². The largest absolute Gasteiger partial charge is 0.480 e. The van der Waals surface area contributed by atoms with Crippen molar-refractivity contribution in [1.82, 2.24) is 4.98 Å². The van der Waals surface area contributed by atoms with E-state index in [4.69, 9.17) is 16.3 Å². The summed E-state index contributed by atoms with van der Waals surface area (Å²) < 4.78 is 6.35. The van der Waals surface area contributed by atoms with Gasteiger partial charge in [-0.05, 0) is 53.2 Å². The minimum absolute atomic E-state index is 0.258. The summed E-state index contributed by atoms with van der Waals surface area (Å²) in [4.78, 5) is 18.3. The average Bonchev–Trinajstić information content (AvgIpc) is 2.50. The number of hydrogen-bond acceptors (Lipinski definition) is 4. The molecule has 0 saturated heterocycles. The molecule has 1 amide bonds. The molecule has 1 aromatic heterocycles. The Bertz CT molecular complexity index is 692. The van der Waals surface area contributed by atoms with E-state index in [0.717, 1.165) is 5.82 Å².